The van der Waals surface area contributed by atoms with Crippen LogP contribution in [0.3, 0.4) is 0 Å². The number of anilines is 1. The zero-order valence-corrected chi connectivity index (χ0v) is 13.1. The number of thiophene rings is 1. The number of hydrogen-bond acceptors (Lipinski definition) is 4. The molecule has 1 aromatic carbocycles. The Kier molecular flexibility index (Phi) is 5.11. The Morgan fingerprint density at radius 3 is 2.48 bits per heavy atom. The van der Waals surface area contributed by atoms with E-state index in [9.17, 15) is 13.2 Å². The van der Waals surface area contributed by atoms with Crippen LogP contribution in [-0.2, 0) is 21.2 Å². The minimum atomic E-state index is -3.45. The van der Waals surface area contributed by atoms with Crippen molar-refractivity contribution in [3.63, 3.8) is 0 Å². The molecule has 112 valence electrons. The van der Waals surface area contributed by atoms with Crippen LogP contribution < -0.4 is 10.0 Å². The molecule has 0 saturated heterocycles. The molecule has 0 radical (unpaired) electrons. The number of carbonyl (C=O) groups is 1. The first-order valence-electron chi connectivity index (χ1n) is 6.42. The zero-order valence-electron chi connectivity index (χ0n) is 11.5. The van der Waals surface area contributed by atoms with Crippen molar-refractivity contribution in [2.45, 2.75) is 18.2 Å². The number of carbonyl (C=O) groups excluding carboxylic acids is 1. The number of nitrogens with one attached hydrogen (secondary N) is 2. The number of sulfonamides is 1. The lowest BCUT2D eigenvalue weighted by Crippen LogP contribution is -2.23. The van der Waals surface area contributed by atoms with Gasteiger partial charge in [0.2, 0.25) is 15.9 Å². The number of amides is 1. The van der Waals surface area contributed by atoms with Crippen molar-refractivity contribution in [2.24, 2.45) is 0 Å². The van der Waals surface area contributed by atoms with Crippen LogP contribution in [0.2, 0.25) is 0 Å². The van der Waals surface area contributed by atoms with Crippen molar-refractivity contribution in [1.29, 1.82) is 0 Å². The molecule has 5 nitrogen and oxygen atoms in total. The van der Waals surface area contributed by atoms with Crippen LogP contribution in [0.5, 0.6) is 0 Å². The minimum absolute atomic E-state index is 0.129. The SMILES string of the molecule is CCNS(=O)(=O)c1ccc(CC(=O)Nc2ccsc2)cc1. The molecule has 0 bridgehead atoms. The Hall–Kier alpha value is -1.70. The van der Waals surface area contributed by atoms with E-state index in [1.807, 2.05) is 16.8 Å². The van der Waals surface area contributed by atoms with Gasteiger partial charge in [-0.05, 0) is 29.1 Å². The summed E-state index contributed by atoms with van der Waals surface area (Å²) in [5, 5.41) is 6.51. The maximum absolute atomic E-state index is 11.8. The summed E-state index contributed by atoms with van der Waals surface area (Å²) >= 11 is 1.51. The standard InChI is InChI=1S/C14H16N2O3S2/c1-2-15-21(18,19)13-5-3-11(4-6-13)9-14(17)16-12-7-8-20-10-12/h3-8,10,15H,2,9H2,1H3,(H,16,17). The van der Waals surface area contributed by atoms with Crippen molar-refractivity contribution in [3.05, 3.63) is 46.7 Å². The molecule has 7 heteroatoms. The average Bonchev–Trinajstić information content (AvgIpc) is 2.92. The van der Waals surface area contributed by atoms with E-state index in [2.05, 4.69) is 10.0 Å². The van der Waals surface area contributed by atoms with Gasteiger partial charge in [0.25, 0.3) is 0 Å². The van der Waals surface area contributed by atoms with Crippen LogP contribution in [0.15, 0.2) is 46.0 Å². The summed E-state index contributed by atoms with van der Waals surface area (Å²) in [6.45, 7) is 2.06. The van der Waals surface area contributed by atoms with Crippen molar-refractivity contribution in [1.82, 2.24) is 4.72 Å². The molecule has 21 heavy (non-hydrogen) atoms. The second-order valence-electron chi connectivity index (χ2n) is 4.38. The summed E-state index contributed by atoms with van der Waals surface area (Å²) in [6.07, 6.45) is 0.206. The first-order valence-corrected chi connectivity index (χ1v) is 8.84. The van der Waals surface area contributed by atoms with E-state index in [-0.39, 0.29) is 17.2 Å². The molecular weight excluding hydrogens is 308 g/mol. The Labute approximate surface area is 128 Å². The van der Waals surface area contributed by atoms with Crippen LogP contribution in [0.25, 0.3) is 0 Å². The number of hydrogen-bond donors (Lipinski definition) is 2. The Morgan fingerprint density at radius 1 is 1.19 bits per heavy atom. The quantitative estimate of drug-likeness (QED) is 0.855. The number of benzene rings is 1. The summed E-state index contributed by atoms with van der Waals surface area (Å²) in [6, 6.07) is 8.14. The maximum Gasteiger partial charge on any atom is 0.240 e. The third-order valence-electron chi connectivity index (χ3n) is 2.74. The molecule has 0 aliphatic heterocycles. The molecule has 0 unspecified atom stereocenters. The summed E-state index contributed by atoms with van der Waals surface area (Å²) in [7, 11) is -3.45. The van der Waals surface area contributed by atoms with Gasteiger partial charge >= 0.3 is 0 Å². The van der Waals surface area contributed by atoms with Gasteiger partial charge in [-0.15, -0.1) is 0 Å². The van der Waals surface area contributed by atoms with E-state index in [0.717, 1.165) is 11.3 Å². The van der Waals surface area contributed by atoms with Crippen LogP contribution >= 0.6 is 11.3 Å². The predicted molar refractivity (Wildman–Crippen MR) is 84.0 cm³/mol. The number of rotatable bonds is 6. The first-order chi connectivity index (χ1) is 10.0. The Bertz CT molecular complexity index is 692. The lowest BCUT2D eigenvalue weighted by molar-refractivity contribution is -0.115. The van der Waals surface area contributed by atoms with E-state index in [0.29, 0.717) is 6.54 Å². The molecule has 2 rings (SSSR count). The van der Waals surface area contributed by atoms with Gasteiger partial charge in [-0.25, -0.2) is 13.1 Å². The van der Waals surface area contributed by atoms with Gasteiger partial charge in [0.05, 0.1) is 17.0 Å². The fourth-order valence-corrected chi connectivity index (χ4v) is 3.41. The van der Waals surface area contributed by atoms with E-state index in [1.54, 1.807) is 19.1 Å². The summed E-state index contributed by atoms with van der Waals surface area (Å²) < 4.78 is 26.0. The predicted octanol–water partition coefficient (Wildman–Crippen LogP) is 2.23. The van der Waals surface area contributed by atoms with Gasteiger partial charge in [-0.3, -0.25) is 4.79 Å². The highest BCUT2D eigenvalue weighted by Crippen LogP contribution is 2.14. The smallest absolute Gasteiger partial charge is 0.240 e. The van der Waals surface area contributed by atoms with E-state index in [4.69, 9.17) is 0 Å². The third-order valence-corrected chi connectivity index (χ3v) is 4.98. The molecule has 1 aromatic heterocycles. The van der Waals surface area contributed by atoms with Gasteiger partial charge < -0.3 is 5.32 Å². The Morgan fingerprint density at radius 2 is 1.90 bits per heavy atom. The highest BCUT2D eigenvalue weighted by atomic mass is 32.2. The topological polar surface area (TPSA) is 75.3 Å². The van der Waals surface area contributed by atoms with Gasteiger partial charge in [0.15, 0.2) is 0 Å². The second-order valence-corrected chi connectivity index (χ2v) is 6.93. The van der Waals surface area contributed by atoms with Gasteiger partial charge in [0.1, 0.15) is 0 Å². The average molecular weight is 324 g/mol. The Balaban J connectivity index is 2.01. The molecule has 2 aromatic rings. The summed E-state index contributed by atoms with van der Waals surface area (Å²) in [5.41, 5.74) is 1.54. The highest BCUT2D eigenvalue weighted by molar-refractivity contribution is 7.89. The van der Waals surface area contributed by atoms with Crippen LogP contribution in [-0.4, -0.2) is 20.9 Å². The molecule has 1 amide bonds. The largest absolute Gasteiger partial charge is 0.325 e. The lowest BCUT2D eigenvalue weighted by atomic mass is 10.1. The van der Waals surface area contributed by atoms with Crippen LogP contribution in [0.4, 0.5) is 5.69 Å². The van der Waals surface area contributed by atoms with Crippen molar-refractivity contribution in [2.75, 3.05) is 11.9 Å². The van der Waals surface area contributed by atoms with Crippen molar-refractivity contribution < 1.29 is 13.2 Å². The zero-order chi connectivity index (χ0) is 15.3. The van der Waals surface area contributed by atoms with E-state index < -0.39 is 10.0 Å². The van der Waals surface area contributed by atoms with Crippen LogP contribution in [0, 0.1) is 0 Å². The minimum Gasteiger partial charge on any atom is -0.325 e. The van der Waals surface area contributed by atoms with E-state index in [1.165, 1.54) is 23.5 Å². The highest BCUT2D eigenvalue weighted by Gasteiger charge is 2.12. The van der Waals surface area contributed by atoms with Gasteiger partial charge in [0, 0.05) is 11.9 Å². The third kappa shape index (κ3) is 4.38. The second kappa shape index (κ2) is 6.84. The first kappa shape index (κ1) is 15.7. The van der Waals surface area contributed by atoms with Crippen molar-refractivity contribution >= 4 is 33.0 Å². The molecule has 0 spiro atoms. The normalized spacial score (nSPS) is 11.3. The molecular formula is C14H16N2O3S2. The van der Waals surface area contributed by atoms with Gasteiger partial charge in [-0.1, -0.05) is 19.1 Å². The molecule has 0 atom stereocenters. The monoisotopic (exact) mass is 324 g/mol. The summed E-state index contributed by atoms with van der Waals surface area (Å²) in [4.78, 5) is 12.0. The molecule has 0 aliphatic rings. The van der Waals surface area contributed by atoms with Crippen molar-refractivity contribution in [3.8, 4) is 0 Å². The molecule has 1 heterocycles. The fourth-order valence-electron chi connectivity index (χ4n) is 1.79. The van der Waals surface area contributed by atoms with Gasteiger partial charge in [-0.2, -0.15) is 11.3 Å². The maximum atomic E-state index is 11.8. The molecule has 0 fully saturated rings. The molecule has 2 N–H and O–H groups in total. The molecule has 0 saturated carbocycles. The van der Waals surface area contributed by atoms with E-state index >= 15 is 0 Å². The summed E-state index contributed by atoms with van der Waals surface area (Å²) in [5.74, 6) is -0.129. The van der Waals surface area contributed by atoms with Crippen LogP contribution in [0.1, 0.15) is 12.5 Å². The molecule has 0 aliphatic carbocycles. The fraction of sp³-hybridized carbons (Fsp3) is 0.214. The lowest BCUT2D eigenvalue weighted by Gasteiger charge is -2.06.